The molecule has 0 aliphatic carbocycles. The number of hydrogen-bond acceptors (Lipinski definition) is 5. The Morgan fingerprint density at radius 3 is 2.55 bits per heavy atom. The maximum Gasteiger partial charge on any atom is 0.243 e. The third-order valence-corrected chi connectivity index (χ3v) is 5.29. The third-order valence-electron chi connectivity index (χ3n) is 4.36. The number of thioether (sulfide) groups is 1. The van der Waals surface area contributed by atoms with E-state index >= 15 is 0 Å². The van der Waals surface area contributed by atoms with Gasteiger partial charge in [-0.3, -0.25) is 14.2 Å². The van der Waals surface area contributed by atoms with E-state index in [4.69, 9.17) is 0 Å². The van der Waals surface area contributed by atoms with Gasteiger partial charge in [-0.25, -0.2) is 0 Å². The second kappa shape index (κ2) is 9.38. The summed E-state index contributed by atoms with van der Waals surface area (Å²) >= 11 is 1.29. The molecule has 7 nitrogen and oxygen atoms in total. The molecule has 0 radical (unpaired) electrons. The Morgan fingerprint density at radius 2 is 1.83 bits per heavy atom. The number of nitrogens with one attached hydrogen (secondary N) is 1. The van der Waals surface area contributed by atoms with Crippen molar-refractivity contribution in [3.63, 3.8) is 0 Å². The van der Waals surface area contributed by atoms with Crippen LogP contribution in [0, 0.1) is 13.8 Å². The number of amides is 2. The number of hydrogen-bond donors (Lipinski definition) is 1. The van der Waals surface area contributed by atoms with Gasteiger partial charge >= 0.3 is 0 Å². The van der Waals surface area contributed by atoms with Crippen molar-refractivity contribution in [3.8, 4) is 5.69 Å². The van der Waals surface area contributed by atoms with Crippen molar-refractivity contribution < 1.29 is 9.59 Å². The first-order valence-corrected chi connectivity index (χ1v) is 10.1. The lowest BCUT2D eigenvalue weighted by Gasteiger charge is -2.17. The van der Waals surface area contributed by atoms with Gasteiger partial charge in [-0.15, -0.1) is 10.2 Å². The van der Waals surface area contributed by atoms with E-state index in [1.54, 1.807) is 13.4 Å². The molecule has 1 N–H and O–H groups in total. The summed E-state index contributed by atoms with van der Waals surface area (Å²) < 4.78 is 1.86. The van der Waals surface area contributed by atoms with Crippen LogP contribution < -0.4 is 5.32 Å². The number of anilines is 1. The summed E-state index contributed by atoms with van der Waals surface area (Å²) in [6.45, 7) is 3.97. The van der Waals surface area contributed by atoms with Crippen molar-refractivity contribution in [1.82, 2.24) is 19.7 Å². The highest BCUT2D eigenvalue weighted by atomic mass is 32.2. The number of likely N-dealkylation sites (N-methyl/N-ethyl adjacent to an activating group) is 1. The Labute approximate surface area is 174 Å². The van der Waals surface area contributed by atoms with Crippen LogP contribution in [-0.2, 0) is 9.59 Å². The van der Waals surface area contributed by atoms with Crippen molar-refractivity contribution in [1.29, 1.82) is 0 Å². The van der Waals surface area contributed by atoms with Gasteiger partial charge in [-0.2, -0.15) is 0 Å². The monoisotopic (exact) mass is 409 g/mol. The van der Waals surface area contributed by atoms with Crippen LogP contribution in [0.5, 0.6) is 0 Å². The average molecular weight is 410 g/mol. The van der Waals surface area contributed by atoms with Gasteiger partial charge in [0, 0.05) is 12.7 Å². The number of benzene rings is 2. The Hall–Kier alpha value is -3.13. The zero-order chi connectivity index (χ0) is 20.8. The fourth-order valence-electron chi connectivity index (χ4n) is 2.70. The Balaban J connectivity index is 1.54. The number of rotatable bonds is 7. The number of nitrogens with zero attached hydrogens (tertiary/aromatic N) is 4. The molecule has 3 rings (SSSR count). The molecule has 8 heteroatoms. The van der Waals surface area contributed by atoms with Gasteiger partial charge in [0.05, 0.1) is 18.0 Å². The molecule has 2 amide bonds. The molecule has 0 bridgehead atoms. The molecule has 0 saturated carbocycles. The van der Waals surface area contributed by atoms with Gasteiger partial charge in [0.2, 0.25) is 11.8 Å². The van der Waals surface area contributed by atoms with Crippen molar-refractivity contribution >= 4 is 29.3 Å². The molecular formula is C21H23N5O2S. The Morgan fingerprint density at radius 1 is 1.10 bits per heavy atom. The topological polar surface area (TPSA) is 80.1 Å². The van der Waals surface area contributed by atoms with Crippen molar-refractivity contribution in [2.75, 3.05) is 24.7 Å². The van der Waals surface area contributed by atoms with Crippen LogP contribution in [0.3, 0.4) is 0 Å². The van der Waals surface area contributed by atoms with E-state index in [0.29, 0.717) is 10.8 Å². The predicted molar refractivity (Wildman–Crippen MR) is 114 cm³/mol. The normalized spacial score (nSPS) is 10.6. The van der Waals surface area contributed by atoms with E-state index in [0.717, 1.165) is 16.8 Å². The van der Waals surface area contributed by atoms with Gasteiger partial charge < -0.3 is 10.2 Å². The van der Waals surface area contributed by atoms with Gasteiger partial charge in [0.1, 0.15) is 6.33 Å². The van der Waals surface area contributed by atoms with E-state index in [1.165, 1.54) is 16.7 Å². The minimum absolute atomic E-state index is 0.0161. The number of para-hydroxylation sites is 1. The minimum Gasteiger partial charge on any atom is -0.336 e. The molecule has 0 atom stereocenters. The maximum atomic E-state index is 12.5. The zero-order valence-corrected chi connectivity index (χ0v) is 17.4. The smallest absolute Gasteiger partial charge is 0.243 e. The van der Waals surface area contributed by atoms with Crippen molar-refractivity contribution in [3.05, 3.63) is 66.0 Å². The molecule has 150 valence electrons. The molecule has 3 aromatic rings. The average Bonchev–Trinajstić information content (AvgIpc) is 3.16. The zero-order valence-electron chi connectivity index (χ0n) is 16.6. The first-order valence-electron chi connectivity index (χ1n) is 9.13. The van der Waals surface area contributed by atoms with Crippen LogP contribution >= 0.6 is 11.8 Å². The lowest BCUT2D eigenvalue weighted by molar-refractivity contribution is -0.131. The molecule has 0 aliphatic heterocycles. The molecule has 0 saturated heterocycles. The standard InChI is InChI=1S/C21H23N5O2S/c1-15-8-10-17(11-9-15)23-19(27)12-25(3)20(28)13-29-21-24-22-14-26(21)18-7-5-4-6-16(18)2/h4-11,14H,12-13H2,1-3H3,(H,23,27). The molecule has 29 heavy (non-hydrogen) atoms. The third kappa shape index (κ3) is 5.45. The molecule has 0 unspecified atom stereocenters. The SMILES string of the molecule is Cc1ccc(NC(=O)CN(C)C(=O)CSc2nncn2-c2ccccc2C)cc1. The molecule has 0 aliphatic rings. The highest BCUT2D eigenvalue weighted by Gasteiger charge is 2.16. The first-order chi connectivity index (χ1) is 13.9. The van der Waals surface area contributed by atoms with Gasteiger partial charge in [-0.05, 0) is 37.6 Å². The highest BCUT2D eigenvalue weighted by Crippen LogP contribution is 2.21. The molecule has 0 fully saturated rings. The van der Waals surface area contributed by atoms with Gasteiger partial charge in [0.15, 0.2) is 5.16 Å². The summed E-state index contributed by atoms with van der Waals surface area (Å²) in [6, 6.07) is 15.4. The van der Waals surface area contributed by atoms with Gasteiger partial charge in [0.25, 0.3) is 0 Å². The molecule has 0 spiro atoms. The Kier molecular flexibility index (Phi) is 6.66. The summed E-state index contributed by atoms with van der Waals surface area (Å²) in [7, 11) is 1.61. The van der Waals surface area contributed by atoms with Crippen LogP contribution in [-0.4, -0.2) is 50.8 Å². The van der Waals surface area contributed by atoms with Crippen LogP contribution in [0.15, 0.2) is 60.0 Å². The van der Waals surface area contributed by atoms with E-state index in [1.807, 2.05) is 66.9 Å². The molecule has 1 aromatic heterocycles. The Bertz CT molecular complexity index is 1000. The largest absolute Gasteiger partial charge is 0.336 e. The first kappa shape index (κ1) is 20.6. The summed E-state index contributed by atoms with van der Waals surface area (Å²) in [5.74, 6) is -0.232. The quantitative estimate of drug-likeness (QED) is 0.607. The number of carbonyl (C=O) groups is 2. The number of carbonyl (C=O) groups excluding carboxylic acids is 2. The van der Waals surface area contributed by atoms with Crippen LogP contribution in [0.4, 0.5) is 5.69 Å². The highest BCUT2D eigenvalue weighted by molar-refractivity contribution is 7.99. The fourth-order valence-corrected chi connectivity index (χ4v) is 3.56. The van der Waals surface area contributed by atoms with E-state index in [-0.39, 0.29) is 24.1 Å². The van der Waals surface area contributed by atoms with E-state index in [2.05, 4.69) is 15.5 Å². The second-order valence-electron chi connectivity index (χ2n) is 6.72. The lowest BCUT2D eigenvalue weighted by Crippen LogP contribution is -2.36. The van der Waals surface area contributed by atoms with Crippen LogP contribution in [0.25, 0.3) is 5.69 Å². The minimum atomic E-state index is -0.238. The van der Waals surface area contributed by atoms with Crippen LogP contribution in [0.2, 0.25) is 0 Å². The van der Waals surface area contributed by atoms with Crippen molar-refractivity contribution in [2.45, 2.75) is 19.0 Å². The predicted octanol–water partition coefficient (Wildman–Crippen LogP) is 3.07. The maximum absolute atomic E-state index is 12.5. The summed E-state index contributed by atoms with van der Waals surface area (Å²) in [5, 5.41) is 11.5. The molecule has 1 heterocycles. The molecular weight excluding hydrogens is 386 g/mol. The molecule has 2 aromatic carbocycles. The van der Waals surface area contributed by atoms with Crippen LogP contribution in [0.1, 0.15) is 11.1 Å². The summed E-state index contributed by atoms with van der Waals surface area (Å²) in [6.07, 6.45) is 1.63. The fraction of sp³-hybridized carbons (Fsp3) is 0.238. The number of aryl methyl sites for hydroxylation is 2. The van der Waals surface area contributed by atoms with Crippen molar-refractivity contribution in [2.24, 2.45) is 0 Å². The number of aromatic nitrogens is 3. The second-order valence-corrected chi connectivity index (χ2v) is 7.67. The summed E-state index contributed by atoms with van der Waals surface area (Å²) in [4.78, 5) is 26.0. The van der Waals surface area contributed by atoms with E-state index < -0.39 is 0 Å². The van der Waals surface area contributed by atoms with Gasteiger partial charge in [-0.1, -0.05) is 47.7 Å². The van der Waals surface area contributed by atoms with E-state index in [9.17, 15) is 9.59 Å². The summed E-state index contributed by atoms with van der Waals surface area (Å²) in [5.41, 5.74) is 3.89. The lowest BCUT2D eigenvalue weighted by atomic mass is 10.2.